The summed E-state index contributed by atoms with van der Waals surface area (Å²) in [7, 11) is 0. The quantitative estimate of drug-likeness (QED) is 0.847. The second kappa shape index (κ2) is 8.06. The molecule has 0 saturated carbocycles. The molecular formula is C15H24ClN5S. The fourth-order valence-electron chi connectivity index (χ4n) is 2.88. The molecule has 2 N–H and O–H groups in total. The van der Waals surface area contributed by atoms with E-state index in [1.165, 1.54) is 28.2 Å². The summed E-state index contributed by atoms with van der Waals surface area (Å²) in [5.41, 5.74) is 5.58. The van der Waals surface area contributed by atoms with Gasteiger partial charge in [-0.15, -0.1) is 23.7 Å². The Kier molecular flexibility index (Phi) is 6.37. The molecule has 0 aliphatic carbocycles. The number of thiazole rings is 1. The molecular weight excluding hydrogens is 318 g/mol. The van der Waals surface area contributed by atoms with Crippen LogP contribution in [0.2, 0.25) is 0 Å². The van der Waals surface area contributed by atoms with Gasteiger partial charge in [-0.25, -0.2) is 4.98 Å². The minimum absolute atomic E-state index is 0. The third kappa shape index (κ3) is 4.29. The first-order chi connectivity index (χ1) is 10.2. The van der Waals surface area contributed by atoms with Crippen molar-refractivity contribution in [3.63, 3.8) is 0 Å². The van der Waals surface area contributed by atoms with Crippen molar-refractivity contribution in [2.75, 3.05) is 19.6 Å². The molecule has 1 saturated heterocycles. The second-order valence-corrected chi connectivity index (χ2v) is 6.85. The first-order valence-corrected chi connectivity index (χ1v) is 8.41. The lowest BCUT2D eigenvalue weighted by Gasteiger charge is -2.24. The molecule has 0 amide bonds. The lowest BCUT2D eigenvalue weighted by atomic mass is 10.1. The van der Waals surface area contributed by atoms with Gasteiger partial charge in [-0.2, -0.15) is 5.10 Å². The van der Waals surface area contributed by atoms with Crippen LogP contribution in [-0.2, 0) is 13.1 Å². The van der Waals surface area contributed by atoms with Gasteiger partial charge in [0.25, 0.3) is 0 Å². The first kappa shape index (κ1) is 17.4. The maximum Gasteiger partial charge on any atom is 0.0798 e. The molecule has 2 aromatic heterocycles. The highest BCUT2D eigenvalue weighted by molar-refractivity contribution is 7.09. The maximum absolute atomic E-state index is 4.38. The van der Waals surface area contributed by atoms with E-state index in [4.69, 9.17) is 0 Å². The molecule has 0 spiro atoms. The monoisotopic (exact) mass is 341 g/mol. The molecule has 1 unspecified atom stereocenters. The van der Waals surface area contributed by atoms with E-state index in [-0.39, 0.29) is 12.4 Å². The van der Waals surface area contributed by atoms with E-state index in [1.54, 1.807) is 11.3 Å². The largest absolute Gasteiger partial charge is 0.316 e. The highest BCUT2D eigenvalue weighted by Crippen LogP contribution is 2.20. The van der Waals surface area contributed by atoms with Crippen molar-refractivity contribution < 1.29 is 0 Å². The van der Waals surface area contributed by atoms with Crippen LogP contribution in [0.3, 0.4) is 0 Å². The molecule has 5 nitrogen and oxygen atoms in total. The van der Waals surface area contributed by atoms with Crippen LogP contribution in [0.1, 0.15) is 28.2 Å². The number of hydrogen-bond acceptors (Lipinski definition) is 5. The average Bonchev–Trinajstić information content (AvgIpc) is 3.17. The van der Waals surface area contributed by atoms with Crippen molar-refractivity contribution in [3.8, 4) is 0 Å². The Labute approximate surface area is 141 Å². The zero-order valence-electron chi connectivity index (χ0n) is 13.1. The number of aromatic nitrogens is 3. The van der Waals surface area contributed by atoms with Crippen molar-refractivity contribution in [2.45, 2.75) is 33.4 Å². The van der Waals surface area contributed by atoms with Gasteiger partial charge in [0.15, 0.2) is 0 Å². The zero-order valence-corrected chi connectivity index (χ0v) is 14.8. The number of nitrogens with zero attached hydrogens (tertiary/aromatic N) is 3. The Hall–Kier alpha value is -0.950. The topological polar surface area (TPSA) is 56.8 Å². The Balaban J connectivity index is 0.00000176. The van der Waals surface area contributed by atoms with Crippen molar-refractivity contribution in [2.24, 2.45) is 5.92 Å². The van der Waals surface area contributed by atoms with E-state index < -0.39 is 0 Å². The van der Waals surface area contributed by atoms with Crippen LogP contribution in [0, 0.1) is 19.8 Å². The third-order valence-electron chi connectivity index (χ3n) is 4.22. The number of aromatic amines is 1. The fraction of sp³-hybridized carbons (Fsp3) is 0.600. The zero-order chi connectivity index (χ0) is 14.7. The Morgan fingerprint density at radius 3 is 2.82 bits per heavy atom. The number of halogens is 1. The molecule has 1 aliphatic heterocycles. The molecule has 0 aromatic carbocycles. The molecule has 122 valence electrons. The molecule has 3 heterocycles. The standard InChI is InChI=1S/C15H23N5S.ClH/c1-11-14(6-18-19-11)8-20(7-13-3-4-16-5-13)9-15-12(2)17-10-21-15;/h6,10,13,16H,3-5,7-9H2,1-2H3,(H,18,19);1H. The summed E-state index contributed by atoms with van der Waals surface area (Å²) in [5.74, 6) is 0.755. The Morgan fingerprint density at radius 1 is 1.36 bits per heavy atom. The van der Waals surface area contributed by atoms with Gasteiger partial charge in [0.05, 0.1) is 17.4 Å². The van der Waals surface area contributed by atoms with Gasteiger partial charge < -0.3 is 5.32 Å². The van der Waals surface area contributed by atoms with Crippen molar-refractivity contribution in [1.29, 1.82) is 0 Å². The molecule has 1 fully saturated rings. The molecule has 1 atom stereocenters. The van der Waals surface area contributed by atoms with E-state index in [0.29, 0.717) is 0 Å². The summed E-state index contributed by atoms with van der Waals surface area (Å²) < 4.78 is 0. The molecule has 0 bridgehead atoms. The summed E-state index contributed by atoms with van der Waals surface area (Å²) in [6.07, 6.45) is 3.23. The smallest absolute Gasteiger partial charge is 0.0798 e. The van der Waals surface area contributed by atoms with Crippen LogP contribution in [0.4, 0.5) is 0 Å². The third-order valence-corrected chi connectivity index (χ3v) is 5.14. The summed E-state index contributed by atoms with van der Waals surface area (Å²) in [4.78, 5) is 8.29. The van der Waals surface area contributed by atoms with Gasteiger partial charge in [0.2, 0.25) is 0 Å². The molecule has 22 heavy (non-hydrogen) atoms. The van der Waals surface area contributed by atoms with Crippen LogP contribution in [-0.4, -0.2) is 39.7 Å². The van der Waals surface area contributed by atoms with Gasteiger partial charge in [-0.3, -0.25) is 10.00 Å². The normalized spacial score (nSPS) is 17.9. The Bertz CT molecular complexity index is 534. The fourth-order valence-corrected chi connectivity index (χ4v) is 3.70. The van der Waals surface area contributed by atoms with Gasteiger partial charge in [0.1, 0.15) is 0 Å². The average molecular weight is 342 g/mol. The predicted octanol–water partition coefficient (Wildman–Crippen LogP) is 2.52. The van der Waals surface area contributed by atoms with E-state index >= 15 is 0 Å². The molecule has 3 rings (SSSR count). The predicted molar refractivity (Wildman–Crippen MR) is 92.5 cm³/mol. The molecule has 2 aromatic rings. The maximum atomic E-state index is 4.38. The van der Waals surface area contributed by atoms with Crippen LogP contribution < -0.4 is 5.32 Å². The number of rotatable bonds is 6. The van der Waals surface area contributed by atoms with Crippen molar-refractivity contribution >= 4 is 23.7 Å². The van der Waals surface area contributed by atoms with Crippen LogP contribution in [0.5, 0.6) is 0 Å². The SMILES string of the molecule is Cc1ncsc1CN(Cc1cn[nH]c1C)CC1CCNC1.Cl. The molecule has 1 aliphatic rings. The van der Waals surface area contributed by atoms with E-state index in [2.05, 4.69) is 39.2 Å². The minimum atomic E-state index is 0. The number of aryl methyl sites for hydroxylation is 2. The van der Waals surface area contributed by atoms with Gasteiger partial charge in [0, 0.05) is 35.8 Å². The van der Waals surface area contributed by atoms with E-state index in [9.17, 15) is 0 Å². The molecule has 7 heteroatoms. The van der Waals surface area contributed by atoms with Gasteiger partial charge in [-0.1, -0.05) is 0 Å². The summed E-state index contributed by atoms with van der Waals surface area (Å²) in [6, 6.07) is 0. The summed E-state index contributed by atoms with van der Waals surface area (Å²) in [6.45, 7) is 9.56. The second-order valence-electron chi connectivity index (χ2n) is 5.91. The summed E-state index contributed by atoms with van der Waals surface area (Å²) >= 11 is 1.76. The van der Waals surface area contributed by atoms with E-state index in [0.717, 1.165) is 38.6 Å². The highest BCUT2D eigenvalue weighted by Gasteiger charge is 2.20. The highest BCUT2D eigenvalue weighted by atomic mass is 35.5. The number of H-pyrrole nitrogens is 1. The van der Waals surface area contributed by atoms with Crippen LogP contribution in [0.15, 0.2) is 11.7 Å². The van der Waals surface area contributed by atoms with Crippen LogP contribution >= 0.6 is 23.7 Å². The lowest BCUT2D eigenvalue weighted by molar-refractivity contribution is 0.221. The van der Waals surface area contributed by atoms with Crippen LogP contribution in [0.25, 0.3) is 0 Å². The van der Waals surface area contributed by atoms with Crippen molar-refractivity contribution in [3.05, 3.63) is 33.5 Å². The minimum Gasteiger partial charge on any atom is -0.316 e. The van der Waals surface area contributed by atoms with Gasteiger partial charge in [-0.05, 0) is 39.3 Å². The number of nitrogens with one attached hydrogen (secondary N) is 2. The van der Waals surface area contributed by atoms with Gasteiger partial charge >= 0.3 is 0 Å². The first-order valence-electron chi connectivity index (χ1n) is 7.53. The lowest BCUT2D eigenvalue weighted by Crippen LogP contribution is -2.30. The number of hydrogen-bond donors (Lipinski definition) is 2. The Morgan fingerprint density at radius 2 is 2.23 bits per heavy atom. The van der Waals surface area contributed by atoms with Crippen molar-refractivity contribution in [1.82, 2.24) is 25.4 Å². The van der Waals surface area contributed by atoms with E-state index in [1.807, 2.05) is 11.7 Å². The summed E-state index contributed by atoms with van der Waals surface area (Å²) in [5, 5.41) is 10.6. The molecule has 0 radical (unpaired) electrons.